The Hall–Kier alpha value is -7.20. The van der Waals surface area contributed by atoms with E-state index < -0.39 is 11.9 Å². The van der Waals surface area contributed by atoms with Gasteiger partial charge in [-0.15, -0.1) is 0 Å². The van der Waals surface area contributed by atoms with Gasteiger partial charge in [0.1, 0.15) is 34.6 Å². The van der Waals surface area contributed by atoms with Crippen molar-refractivity contribution in [2.45, 2.75) is 51.4 Å². The molecule has 0 spiro atoms. The van der Waals surface area contributed by atoms with Crippen molar-refractivity contribution < 1.29 is 47.5 Å². The molecule has 0 saturated heterocycles. The molecule has 0 aromatic heterocycles. The van der Waals surface area contributed by atoms with Crippen LogP contribution in [-0.4, -0.2) is 50.6 Å². The van der Waals surface area contributed by atoms with E-state index in [4.69, 9.17) is 29.2 Å². The maximum Gasteiger partial charge on any atom is 0.335 e. The molecule has 2 aliphatic rings. The second-order valence-corrected chi connectivity index (χ2v) is 15.8. The van der Waals surface area contributed by atoms with E-state index in [-0.39, 0.29) is 22.8 Å². The lowest BCUT2D eigenvalue weighted by Gasteiger charge is -2.15. The summed E-state index contributed by atoms with van der Waals surface area (Å²) in [6, 6.07) is 32.2. The van der Waals surface area contributed by atoms with Gasteiger partial charge in [-0.2, -0.15) is 0 Å². The molecule has 6 aromatic carbocycles. The Morgan fingerprint density at radius 3 is 1.50 bits per heavy atom. The molecule has 10 heteroatoms. The Morgan fingerprint density at radius 2 is 1.02 bits per heavy atom. The third-order valence-electron chi connectivity index (χ3n) is 11.8. The zero-order chi connectivity index (χ0) is 45.3. The number of allylic oxidation sites excluding steroid dienone is 3. The lowest BCUT2D eigenvalue weighted by molar-refractivity contribution is 0.0686. The van der Waals surface area contributed by atoms with Crippen LogP contribution in [0.5, 0.6) is 23.0 Å². The molecule has 8 rings (SSSR count). The van der Waals surface area contributed by atoms with E-state index in [9.17, 15) is 18.4 Å². The first-order valence-electron chi connectivity index (χ1n) is 21.1. The molecule has 6 aromatic rings. The van der Waals surface area contributed by atoms with Crippen LogP contribution in [0.1, 0.15) is 82.8 Å². The Balaban J connectivity index is 0.000000191. The molecule has 0 aliphatic heterocycles. The van der Waals surface area contributed by atoms with Crippen LogP contribution in [0, 0.1) is 11.6 Å². The second-order valence-electron chi connectivity index (χ2n) is 15.8. The summed E-state index contributed by atoms with van der Waals surface area (Å²) < 4.78 is 50.7. The van der Waals surface area contributed by atoms with Crippen molar-refractivity contribution in [2.75, 3.05) is 28.4 Å². The average molecular weight is 865 g/mol. The monoisotopic (exact) mass is 864 g/mol. The quantitative estimate of drug-likeness (QED) is 0.105. The van der Waals surface area contributed by atoms with Gasteiger partial charge in [0.05, 0.1) is 39.6 Å². The summed E-state index contributed by atoms with van der Waals surface area (Å²) in [4.78, 5) is 22.1. The number of benzene rings is 6. The third-order valence-corrected chi connectivity index (χ3v) is 11.8. The summed E-state index contributed by atoms with van der Waals surface area (Å²) in [5.41, 5.74) is 12.5. The molecule has 2 aliphatic carbocycles. The second kappa shape index (κ2) is 20.3. The third kappa shape index (κ3) is 10.5. The Bertz CT molecular complexity index is 2690. The number of aryl methyl sites for hydroxylation is 4. The van der Waals surface area contributed by atoms with Crippen molar-refractivity contribution in [3.8, 4) is 23.0 Å². The van der Waals surface area contributed by atoms with Crippen LogP contribution in [0.4, 0.5) is 8.78 Å². The molecule has 0 amide bonds. The number of carbonyl (C=O) groups is 2. The summed E-state index contributed by atoms with van der Waals surface area (Å²) in [6.07, 6.45) is 9.86. The molecule has 0 atom stereocenters. The van der Waals surface area contributed by atoms with Gasteiger partial charge in [-0.05, 0) is 179 Å². The van der Waals surface area contributed by atoms with E-state index in [1.807, 2.05) is 72.8 Å². The molecular formula is C54H50F2O8. The maximum absolute atomic E-state index is 14.6. The van der Waals surface area contributed by atoms with E-state index in [1.165, 1.54) is 0 Å². The summed E-state index contributed by atoms with van der Waals surface area (Å²) in [7, 11) is 6.48. The van der Waals surface area contributed by atoms with E-state index in [2.05, 4.69) is 12.2 Å². The summed E-state index contributed by atoms with van der Waals surface area (Å²) in [6.45, 7) is 0. The van der Waals surface area contributed by atoms with E-state index >= 15 is 0 Å². The standard InChI is InChI=1S/2C27H25FO4/c2*1-31-22-14-18(15-23(16-22)32-2)13-21-9-11-24-25(28)12-10-19(26(21)24)6-3-17-4-7-20(8-5-17)27(29)30/h4-5,7-8,10,12-16H,3,6,9,11H2,1-2H3,(H,29,30);4-5,7-10,12,14-16H,3,6,11,13H2,1-2H3,(H,29,30). The molecule has 0 radical (unpaired) electrons. The summed E-state index contributed by atoms with van der Waals surface area (Å²) >= 11 is 0. The molecule has 0 unspecified atom stereocenters. The number of fused-ring (bicyclic) bond motifs is 2. The first-order valence-corrected chi connectivity index (χ1v) is 21.1. The van der Waals surface area contributed by atoms with Gasteiger partial charge < -0.3 is 29.2 Å². The van der Waals surface area contributed by atoms with Crippen molar-refractivity contribution in [1.29, 1.82) is 0 Å². The van der Waals surface area contributed by atoms with Crippen molar-refractivity contribution in [3.05, 3.63) is 194 Å². The Kier molecular flexibility index (Phi) is 14.2. The molecule has 0 fully saturated rings. The highest BCUT2D eigenvalue weighted by atomic mass is 19.1. The number of methoxy groups -OCH3 is 4. The van der Waals surface area contributed by atoms with Crippen LogP contribution in [0.3, 0.4) is 0 Å². The van der Waals surface area contributed by atoms with Crippen molar-refractivity contribution >= 4 is 29.2 Å². The highest BCUT2D eigenvalue weighted by Crippen LogP contribution is 2.40. The largest absolute Gasteiger partial charge is 0.497 e. The molecular weight excluding hydrogens is 815 g/mol. The number of aromatic carboxylic acids is 2. The average Bonchev–Trinajstić information content (AvgIpc) is 3.94. The van der Waals surface area contributed by atoms with Crippen molar-refractivity contribution in [3.63, 3.8) is 0 Å². The molecule has 328 valence electrons. The normalized spacial score (nSPS) is 13.0. The van der Waals surface area contributed by atoms with Gasteiger partial charge in [0.2, 0.25) is 0 Å². The fourth-order valence-electron chi connectivity index (χ4n) is 8.51. The zero-order valence-corrected chi connectivity index (χ0v) is 36.3. The minimum atomic E-state index is -0.933. The van der Waals surface area contributed by atoms with Gasteiger partial charge in [-0.25, -0.2) is 18.4 Å². The predicted octanol–water partition coefficient (Wildman–Crippen LogP) is 11.3. The minimum Gasteiger partial charge on any atom is -0.497 e. The molecule has 0 saturated carbocycles. The summed E-state index contributed by atoms with van der Waals surface area (Å²) in [5.74, 6) is 0.654. The minimum absolute atomic E-state index is 0.166. The van der Waals surface area contributed by atoms with Crippen LogP contribution in [0.15, 0.2) is 115 Å². The molecule has 2 N–H and O–H groups in total. The van der Waals surface area contributed by atoms with Crippen LogP contribution < -0.4 is 18.9 Å². The van der Waals surface area contributed by atoms with E-state index in [0.717, 1.165) is 110 Å². The maximum atomic E-state index is 14.6. The lowest BCUT2D eigenvalue weighted by atomic mass is 9.91. The molecule has 64 heavy (non-hydrogen) atoms. The first kappa shape index (κ1) is 44.8. The number of hydrogen-bond acceptors (Lipinski definition) is 6. The van der Waals surface area contributed by atoms with Gasteiger partial charge in [-0.3, -0.25) is 0 Å². The number of hydrogen-bond donors (Lipinski definition) is 2. The topological polar surface area (TPSA) is 112 Å². The number of carboxylic acid groups (broad SMARTS) is 2. The Morgan fingerprint density at radius 1 is 0.547 bits per heavy atom. The van der Waals surface area contributed by atoms with E-state index in [1.54, 1.807) is 64.8 Å². The van der Waals surface area contributed by atoms with Crippen LogP contribution in [0.2, 0.25) is 0 Å². The Labute approximate surface area is 372 Å². The lowest BCUT2D eigenvalue weighted by Crippen LogP contribution is -2.02. The van der Waals surface area contributed by atoms with Crippen molar-refractivity contribution in [2.24, 2.45) is 0 Å². The zero-order valence-electron chi connectivity index (χ0n) is 36.3. The van der Waals surface area contributed by atoms with Crippen molar-refractivity contribution in [1.82, 2.24) is 0 Å². The van der Waals surface area contributed by atoms with Gasteiger partial charge in [0.25, 0.3) is 0 Å². The number of rotatable bonds is 15. The van der Waals surface area contributed by atoms with Crippen LogP contribution in [0.25, 0.3) is 17.2 Å². The number of carboxylic acids is 2. The SMILES string of the molecule is COc1cc(C=C2CCc3c(F)ccc(CCc4ccc(C(=O)O)cc4)c32)cc(OC)c1.COc1cc(CC2=CCc3c(F)ccc(CCc4ccc(C(=O)O)cc4)c32)cc(OC)c1. The first-order chi connectivity index (χ1) is 31.0. The van der Waals surface area contributed by atoms with E-state index in [0.29, 0.717) is 30.8 Å². The molecule has 0 heterocycles. The predicted molar refractivity (Wildman–Crippen MR) is 245 cm³/mol. The fraction of sp³-hybridized carbons (Fsp3) is 0.222. The highest BCUT2D eigenvalue weighted by molar-refractivity contribution is 5.89. The number of halogens is 2. The van der Waals surface area contributed by atoms with Crippen LogP contribution >= 0.6 is 0 Å². The van der Waals surface area contributed by atoms with Gasteiger partial charge in [0.15, 0.2) is 0 Å². The smallest absolute Gasteiger partial charge is 0.335 e. The summed E-state index contributed by atoms with van der Waals surface area (Å²) in [5, 5.41) is 18.1. The van der Waals surface area contributed by atoms with Gasteiger partial charge in [0, 0.05) is 12.1 Å². The van der Waals surface area contributed by atoms with Crippen LogP contribution in [-0.2, 0) is 44.9 Å². The van der Waals surface area contributed by atoms with Gasteiger partial charge >= 0.3 is 11.9 Å². The molecule has 8 nitrogen and oxygen atoms in total. The number of ether oxygens (including phenoxy) is 4. The highest BCUT2D eigenvalue weighted by Gasteiger charge is 2.24. The van der Waals surface area contributed by atoms with Gasteiger partial charge in [-0.1, -0.05) is 48.6 Å². The fourth-order valence-corrected chi connectivity index (χ4v) is 8.51. The molecule has 0 bridgehead atoms.